The monoisotopic (exact) mass is 403 g/mol. The molecule has 0 atom stereocenters. The van der Waals surface area contributed by atoms with Gasteiger partial charge in [-0.3, -0.25) is 9.48 Å². The predicted octanol–water partition coefficient (Wildman–Crippen LogP) is 3.60. The fourth-order valence-corrected chi connectivity index (χ4v) is 2.23. The van der Waals surface area contributed by atoms with Crippen molar-refractivity contribution < 1.29 is 36.3 Å². The van der Waals surface area contributed by atoms with E-state index >= 15 is 0 Å². The molecule has 0 aliphatic carbocycles. The second kappa shape index (κ2) is 9.20. The zero-order valence-electron chi connectivity index (χ0n) is 14.9. The summed E-state index contributed by atoms with van der Waals surface area (Å²) < 4.78 is 62.0. The first-order valence-electron chi connectivity index (χ1n) is 8.10. The largest absolute Gasteiger partial charge is 0.463 e. The van der Waals surface area contributed by atoms with Crippen molar-refractivity contribution >= 4 is 11.9 Å². The maximum atomic E-state index is 13.0. The number of amides is 1. The van der Waals surface area contributed by atoms with E-state index in [1.54, 1.807) is 6.92 Å². The van der Waals surface area contributed by atoms with Crippen molar-refractivity contribution in [2.45, 2.75) is 33.2 Å². The van der Waals surface area contributed by atoms with Gasteiger partial charge in [0.1, 0.15) is 17.1 Å². The van der Waals surface area contributed by atoms with Gasteiger partial charge < -0.3 is 14.5 Å². The summed E-state index contributed by atoms with van der Waals surface area (Å²) in [5.41, 5.74) is -1.26. The normalized spacial score (nSPS) is 11.9. The van der Waals surface area contributed by atoms with E-state index in [9.17, 15) is 27.2 Å². The second-order valence-corrected chi connectivity index (χ2v) is 5.55. The number of nitrogens with zero attached hydrogens (tertiary/aromatic N) is 2. The van der Waals surface area contributed by atoms with Crippen LogP contribution in [0.2, 0.25) is 0 Å². The minimum atomic E-state index is -3.01. The average Bonchev–Trinajstić information content (AvgIpc) is 3.22. The quantitative estimate of drug-likeness (QED) is 0.414. The molecule has 0 fully saturated rings. The standard InChI is InChI=1S/C17H17F4N3O4/c1-3-27-14(25)6-9(2)22-17(26)13-5-4-10(28-13)8-24-12(16(20)21)7-11(23-24)15(18)19/h4-7,15-16H,3,8H2,1-2H3,(H,22,26)/b9-6+. The number of alkyl halides is 4. The van der Waals surface area contributed by atoms with Gasteiger partial charge >= 0.3 is 5.97 Å². The molecule has 2 aromatic rings. The van der Waals surface area contributed by atoms with Gasteiger partial charge in [-0.05, 0) is 32.0 Å². The molecule has 0 unspecified atom stereocenters. The summed E-state index contributed by atoms with van der Waals surface area (Å²) in [5.74, 6) is -1.42. The Balaban J connectivity index is 2.10. The first-order chi connectivity index (χ1) is 13.2. The van der Waals surface area contributed by atoms with Crippen LogP contribution in [-0.2, 0) is 16.1 Å². The highest BCUT2D eigenvalue weighted by Crippen LogP contribution is 2.26. The van der Waals surface area contributed by atoms with Crippen LogP contribution in [0.5, 0.6) is 0 Å². The van der Waals surface area contributed by atoms with Crippen LogP contribution in [0.4, 0.5) is 17.6 Å². The number of halogens is 4. The molecule has 0 bridgehead atoms. The molecule has 0 radical (unpaired) electrons. The van der Waals surface area contributed by atoms with Crippen molar-refractivity contribution in [1.29, 1.82) is 0 Å². The molecule has 1 amide bonds. The SMILES string of the molecule is CCOC(=O)/C=C(\C)NC(=O)c1ccc(Cn2nc(C(F)F)cc2C(F)F)o1. The number of furan rings is 1. The molecular weight excluding hydrogens is 386 g/mol. The minimum Gasteiger partial charge on any atom is -0.463 e. The van der Waals surface area contributed by atoms with Crippen molar-refractivity contribution in [3.8, 4) is 0 Å². The Morgan fingerprint density at radius 3 is 2.61 bits per heavy atom. The molecule has 28 heavy (non-hydrogen) atoms. The first kappa shape index (κ1) is 21.2. The first-order valence-corrected chi connectivity index (χ1v) is 8.10. The topological polar surface area (TPSA) is 86.4 Å². The Morgan fingerprint density at radius 2 is 2.00 bits per heavy atom. The molecule has 2 rings (SSSR count). The zero-order chi connectivity index (χ0) is 20.8. The van der Waals surface area contributed by atoms with E-state index in [1.165, 1.54) is 19.1 Å². The van der Waals surface area contributed by atoms with E-state index in [2.05, 4.69) is 10.4 Å². The molecular formula is C17H17F4N3O4. The lowest BCUT2D eigenvalue weighted by molar-refractivity contribution is -0.137. The number of allylic oxidation sites excluding steroid dienone is 1. The number of rotatable bonds is 8. The molecule has 0 aliphatic heterocycles. The highest BCUT2D eigenvalue weighted by atomic mass is 19.3. The number of esters is 1. The number of carbonyl (C=O) groups excluding carboxylic acids is 2. The fourth-order valence-electron chi connectivity index (χ4n) is 2.23. The number of carbonyl (C=O) groups is 2. The van der Waals surface area contributed by atoms with Gasteiger partial charge in [-0.1, -0.05) is 0 Å². The predicted molar refractivity (Wildman–Crippen MR) is 87.8 cm³/mol. The molecule has 7 nitrogen and oxygen atoms in total. The zero-order valence-corrected chi connectivity index (χ0v) is 14.9. The van der Waals surface area contributed by atoms with Crippen molar-refractivity contribution in [2.24, 2.45) is 0 Å². The van der Waals surface area contributed by atoms with E-state index in [-0.39, 0.29) is 30.4 Å². The van der Waals surface area contributed by atoms with E-state index < -0.39 is 36.1 Å². The molecule has 2 heterocycles. The van der Waals surface area contributed by atoms with Gasteiger partial charge in [0.25, 0.3) is 18.8 Å². The Kier molecular flexibility index (Phi) is 6.96. The number of hydrogen-bond acceptors (Lipinski definition) is 5. The van der Waals surface area contributed by atoms with E-state index in [0.717, 1.165) is 6.08 Å². The lowest BCUT2D eigenvalue weighted by atomic mass is 10.3. The Bertz CT molecular complexity index is 874. The summed E-state index contributed by atoms with van der Waals surface area (Å²) >= 11 is 0. The van der Waals surface area contributed by atoms with Crippen molar-refractivity contribution in [1.82, 2.24) is 15.1 Å². The van der Waals surface area contributed by atoms with Crippen LogP contribution in [0.15, 0.2) is 34.4 Å². The summed E-state index contributed by atoms with van der Waals surface area (Å²) in [5, 5.41) is 5.84. The lowest BCUT2D eigenvalue weighted by Gasteiger charge is -2.05. The molecule has 0 aromatic carbocycles. The lowest BCUT2D eigenvalue weighted by Crippen LogP contribution is -2.21. The van der Waals surface area contributed by atoms with E-state index in [0.29, 0.717) is 10.7 Å². The third kappa shape index (κ3) is 5.44. The smallest absolute Gasteiger partial charge is 0.332 e. The molecule has 2 aromatic heterocycles. The summed E-state index contributed by atoms with van der Waals surface area (Å²) in [4.78, 5) is 23.4. The fraction of sp³-hybridized carbons (Fsp3) is 0.353. The van der Waals surface area contributed by atoms with Crippen LogP contribution in [-0.4, -0.2) is 28.3 Å². The third-order valence-corrected chi connectivity index (χ3v) is 3.40. The molecule has 0 spiro atoms. The number of aromatic nitrogens is 2. The third-order valence-electron chi connectivity index (χ3n) is 3.40. The molecule has 0 aliphatic rings. The molecule has 1 N–H and O–H groups in total. The summed E-state index contributed by atoms with van der Waals surface area (Å²) in [6.07, 6.45) is -4.92. The van der Waals surface area contributed by atoms with Gasteiger partial charge in [0.05, 0.1) is 13.2 Å². The second-order valence-electron chi connectivity index (χ2n) is 5.55. The van der Waals surface area contributed by atoms with Gasteiger partial charge in [0.15, 0.2) is 5.76 Å². The van der Waals surface area contributed by atoms with Gasteiger partial charge in [-0.2, -0.15) is 5.10 Å². The van der Waals surface area contributed by atoms with Gasteiger partial charge in [0.2, 0.25) is 0 Å². The van der Waals surface area contributed by atoms with Gasteiger partial charge in [-0.15, -0.1) is 0 Å². The van der Waals surface area contributed by atoms with Crippen molar-refractivity contribution in [3.05, 3.63) is 52.9 Å². The van der Waals surface area contributed by atoms with Gasteiger partial charge in [0, 0.05) is 11.8 Å². The summed E-state index contributed by atoms with van der Waals surface area (Å²) in [6, 6.07) is 3.23. The highest BCUT2D eigenvalue weighted by Gasteiger charge is 2.22. The Morgan fingerprint density at radius 1 is 1.29 bits per heavy atom. The van der Waals surface area contributed by atoms with Crippen molar-refractivity contribution in [2.75, 3.05) is 6.61 Å². The van der Waals surface area contributed by atoms with Crippen LogP contribution >= 0.6 is 0 Å². The average molecular weight is 403 g/mol. The van der Waals surface area contributed by atoms with Crippen LogP contribution in [0, 0.1) is 0 Å². The minimum absolute atomic E-state index is 0.0583. The Hall–Kier alpha value is -3.11. The molecule has 152 valence electrons. The van der Waals surface area contributed by atoms with Gasteiger partial charge in [-0.25, -0.2) is 22.4 Å². The number of nitrogens with one attached hydrogen (secondary N) is 1. The number of ether oxygens (including phenoxy) is 1. The Labute approximate surface area is 156 Å². The van der Waals surface area contributed by atoms with E-state index in [1.807, 2.05) is 0 Å². The molecule has 0 saturated carbocycles. The van der Waals surface area contributed by atoms with Crippen LogP contribution in [0.25, 0.3) is 0 Å². The van der Waals surface area contributed by atoms with Crippen LogP contribution in [0.1, 0.15) is 54.4 Å². The number of hydrogen-bond donors (Lipinski definition) is 1. The van der Waals surface area contributed by atoms with Crippen LogP contribution in [0.3, 0.4) is 0 Å². The van der Waals surface area contributed by atoms with E-state index in [4.69, 9.17) is 9.15 Å². The molecule has 11 heteroatoms. The highest BCUT2D eigenvalue weighted by molar-refractivity contribution is 5.93. The maximum Gasteiger partial charge on any atom is 0.332 e. The van der Waals surface area contributed by atoms with Crippen LogP contribution < -0.4 is 5.32 Å². The molecule has 0 saturated heterocycles. The summed E-state index contributed by atoms with van der Waals surface area (Å²) in [6.45, 7) is 2.91. The van der Waals surface area contributed by atoms with Crippen molar-refractivity contribution in [3.63, 3.8) is 0 Å². The summed E-state index contributed by atoms with van der Waals surface area (Å²) in [7, 11) is 0. The maximum absolute atomic E-state index is 13.0.